The molecule has 1 saturated heterocycles. The minimum Gasteiger partial charge on any atom is -0.355 e. The van der Waals surface area contributed by atoms with E-state index in [-0.39, 0.29) is 5.82 Å². The van der Waals surface area contributed by atoms with E-state index in [0.29, 0.717) is 5.25 Å². The maximum atomic E-state index is 13.7. The molecule has 0 amide bonds. The monoisotopic (exact) mass is 430 g/mol. The molecule has 1 aromatic carbocycles. The maximum Gasteiger partial charge on any atom is 0.213 e. The zero-order valence-electron chi connectivity index (χ0n) is 17.4. The molecule has 0 unspecified atom stereocenters. The number of thiazole rings is 1. The number of hydrogen-bond donors (Lipinski definition) is 0. The number of anilines is 1. The van der Waals surface area contributed by atoms with Crippen LogP contribution in [-0.4, -0.2) is 33.1 Å². The van der Waals surface area contributed by atoms with Gasteiger partial charge in [-0.15, -0.1) is 11.8 Å². The Hall–Kier alpha value is -1.86. The van der Waals surface area contributed by atoms with Crippen LogP contribution in [0.5, 0.6) is 0 Å². The first kappa shape index (κ1) is 20.4. The highest BCUT2D eigenvalue weighted by molar-refractivity contribution is 8.01. The molecule has 0 atom stereocenters. The van der Waals surface area contributed by atoms with E-state index in [4.69, 9.17) is 10.1 Å². The third-order valence-corrected chi connectivity index (χ3v) is 7.46. The van der Waals surface area contributed by atoms with E-state index in [1.165, 1.54) is 23.1 Å². The fourth-order valence-electron chi connectivity index (χ4n) is 3.59. The second-order valence-electron chi connectivity index (χ2n) is 8.03. The van der Waals surface area contributed by atoms with Crippen molar-refractivity contribution in [3.63, 3.8) is 0 Å². The van der Waals surface area contributed by atoms with Crippen molar-refractivity contribution in [2.45, 2.75) is 50.0 Å². The Morgan fingerprint density at radius 3 is 2.69 bits per heavy atom. The van der Waals surface area contributed by atoms with E-state index in [1.807, 2.05) is 35.6 Å². The average Bonchev–Trinajstić information content (AvgIpc) is 3.26. The molecule has 0 N–H and O–H groups in total. The van der Waals surface area contributed by atoms with Crippen LogP contribution in [0.1, 0.15) is 39.3 Å². The molecule has 1 aliphatic rings. The average molecular weight is 431 g/mol. The Bertz CT molecular complexity index is 987. The number of rotatable bonds is 5. The Morgan fingerprint density at radius 2 is 2.00 bits per heavy atom. The van der Waals surface area contributed by atoms with Crippen LogP contribution in [-0.2, 0) is 0 Å². The van der Waals surface area contributed by atoms with Gasteiger partial charge in [0.2, 0.25) is 5.13 Å². The van der Waals surface area contributed by atoms with Gasteiger partial charge in [-0.05, 0) is 43.4 Å². The van der Waals surface area contributed by atoms with Crippen LogP contribution in [0.15, 0.2) is 34.7 Å². The van der Waals surface area contributed by atoms with Crippen molar-refractivity contribution < 1.29 is 4.39 Å². The van der Waals surface area contributed by atoms with Gasteiger partial charge in [-0.2, -0.15) is 10.1 Å². The summed E-state index contributed by atoms with van der Waals surface area (Å²) in [5.41, 5.74) is 2.65. The van der Waals surface area contributed by atoms with Crippen molar-refractivity contribution in [1.82, 2.24) is 14.8 Å². The van der Waals surface area contributed by atoms with Crippen molar-refractivity contribution in [2.24, 2.45) is 5.92 Å². The number of aryl methyl sites for hydroxylation is 1. The SMILES string of the molecule is Cc1nn(-c2nc(N3CCC(C)CC3)c(SC(C)C)s2)cc1-c1cccc(F)c1. The lowest BCUT2D eigenvalue weighted by Gasteiger charge is -2.31. The molecule has 4 nitrogen and oxygen atoms in total. The zero-order chi connectivity index (χ0) is 20.5. The molecule has 1 fully saturated rings. The highest BCUT2D eigenvalue weighted by Crippen LogP contribution is 2.40. The molecule has 2 aromatic heterocycles. The van der Waals surface area contributed by atoms with Crippen molar-refractivity contribution in [2.75, 3.05) is 18.0 Å². The first-order valence-corrected chi connectivity index (χ1v) is 11.9. The number of thioether (sulfide) groups is 1. The quantitative estimate of drug-likeness (QED) is 0.453. The Balaban J connectivity index is 1.69. The normalized spacial score (nSPS) is 15.4. The number of halogens is 1. The molecular formula is C22H27FN4S2. The van der Waals surface area contributed by atoms with E-state index < -0.39 is 0 Å². The molecule has 0 radical (unpaired) electrons. The highest BCUT2D eigenvalue weighted by Gasteiger charge is 2.24. The lowest BCUT2D eigenvalue weighted by Crippen LogP contribution is -2.33. The van der Waals surface area contributed by atoms with E-state index >= 15 is 0 Å². The van der Waals surface area contributed by atoms with Gasteiger partial charge in [0, 0.05) is 30.1 Å². The van der Waals surface area contributed by atoms with Crippen molar-refractivity contribution >= 4 is 28.9 Å². The first-order valence-electron chi connectivity index (χ1n) is 10.2. The zero-order valence-corrected chi connectivity index (χ0v) is 19.0. The summed E-state index contributed by atoms with van der Waals surface area (Å²) in [6, 6.07) is 6.67. The lowest BCUT2D eigenvalue weighted by molar-refractivity contribution is 0.436. The maximum absolute atomic E-state index is 13.7. The number of hydrogen-bond acceptors (Lipinski definition) is 5. The van der Waals surface area contributed by atoms with E-state index in [0.717, 1.165) is 46.8 Å². The second kappa shape index (κ2) is 8.48. The van der Waals surface area contributed by atoms with Crippen LogP contribution >= 0.6 is 23.1 Å². The van der Waals surface area contributed by atoms with Gasteiger partial charge >= 0.3 is 0 Å². The minimum atomic E-state index is -0.235. The highest BCUT2D eigenvalue weighted by atomic mass is 32.2. The second-order valence-corrected chi connectivity index (χ2v) is 10.8. The molecule has 0 spiro atoms. The van der Waals surface area contributed by atoms with Gasteiger partial charge in [-0.1, -0.05) is 44.2 Å². The largest absolute Gasteiger partial charge is 0.355 e. The summed E-state index contributed by atoms with van der Waals surface area (Å²) >= 11 is 3.56. The number of piperidine rings is 1. The van der Waals surface area contributed by atoms with Crippen molar-refractivity contribution in [3.8, 4) is 16.3 Å². The molecule has 154 valence electrons. The molecule has 3 aromatic rings. The van der Waals surface area contributed by atoms with E-state index in [1.54, 1.807) is 23.5 Å². The van der Waals surface area contributed by atoms with E-state index in [9.17, 15) is 4.39 Å². The van der Waals surface area contributed by atoms with Crippen LogP contribution in [0.25, 0.3) is 16.3 Å². The first-order chi connectivity index (χ1) is 13.9. The van der Waals surface area contributed by atoms with Gasteiger partial charge in [0.25, 0.3) is 0 Å². The van der Waals surface area contributed by atoms with Crippen LogP contribution in [0.2, 0.25) is 0 Å². The van der Waals surface area contributed by atoms with Crippen LogP contribution in [0, 0.1) is 18.7 Å². The summed E-state index contributed by atoms with van der Waals surface area (Å²) in [7, 11) is 0. The molecule has 0 aliphatic carbocycles. The predicted octanol–water partition coefficient (Wildman–Crippen LogP) is 6.18. The topological polar surface area (TPSA) is 34.0 Å². The van der Waals surface area contributed by atoms with Crippen molar-refractivity contribution in [1.29, 1.82) is 0 Å². The fourth-order valence-corrected chi connectivity index (χ4v) is 6.05. The Labute approximate surface area is 180 Å². The molecule has 1 aliphatic heterocycles. The van der Waals surface area contributed by atoms with Gasteiger partial charge in [-0.3, -0.25) is 0 Å². The molecule has 4 rings (SSSR count). The van der Waals surface area contributed by atoms with E-state index in [2.05, 4.69) is 25.7 Å². The number of benzene rings is 1. The fraction of sp³-hybridized carbons (Fsp3) is 0.455. The number of nitrogens with zero attached hydrogens (tertiary/aromatic N) is 4. The summed E-state index contributed by atoms with van der Waals surface area (Å²) in [6.45, 7) is 10.8. The minimum absolute atomic E-state index is 0.235. The molecule has 3 heterocycles. The molecule has 7 heteroatoms. The van der Waals surface area contributed by atoms with Gasteiger partial charge < -0.3 is 4.90 Å². The van der Waals surface area contributed by atoms with Crippen LogP contribution in [0.3, 0.4) is 0 Å². The summed E-state index contributed by atoms with van der Waals surface area (Å²) in [5, 5.41) is 6.05. The summed E-state index contributed by atoms with van der Waals surface area (Å²) in [5.74, 6) is 1.64. The summed E-state index contributed by atoms with van der Waals surface area (Å²) < 4.78 is 16.8. The lowest BCUT2D eigenvalue weighted by atomic mass is 9.99. The summed E-state index contributed by atoms with van der Waals surface area (Å²) in [6.07, 6.45) is 4.39. The smallest absolute Gasteiger partial charge is 0.213 e. The van der Waals surface area contributed by atoms with Gasteiger partial charge in [0.15, 0.2) is 5.82 Å². The third kappa shape index (κ3) is 4.51. The summed E-state index contributed by atoms with van der Waals surface area (Å²) in [4.78, 5) is 7.42. The molecule has 0 saturated carbocycles. The third-order valence-electron chi connectivity index (χ3n) is 5.22. The molecule has 0 bridgehead atoms. The van der Waals surface area contributed by atoms with Crippen LogP contribution < -0.4 is 4.90 Å². The molecule has 29 heavy (non-hydrogen) atoms. The number of aromatic nitrogens is 3. The standard InChI is InChI=1S/C22H27FN4S2/c1-14(2)28-21-20(26-10-8-15(3)9-11-26)24-22(29-21)27-13-19(16(4)25-27)17-6-5-7-18(23)12-17/h5-7,12-15H,8-11H2,1-4H3. The Morgan fingerprint density at radius 1 is 1.24 bits per heavy atom. The van der Waals surface area contributed by atoms with Gasteiger partial charge in [0.1, 0.15) is 10.0 Å². The van der Waals surface area contributed by atoms with Gasteiger partial charge in [0.05, 0.1) is 5.69 Å². The van der Waals surface area contributed by atoms with Gasteiger partial charge in [-0.25, -0.2) is 9.07 Å². The predicted molar refractivity (Wildman–Crippen MR) is 121 cm³/mol. The Kier molecular flexibility index (Phi) is 5.97. The van der Waals surface area contributed by atoms with Crippen molar-refractivity contribution in [3.05, 3.63) is 42.0 Å². The molecular weight excluding hydrogens is 403 g/mol. The van der Waals surface area contributed by atoms with Crippen LogP contribution in [0.4, 0.5) is 10.2 Å².